The number of aliphatic hydroxyl groups excluding tert-OH is 1. The van der Waals surface area contributed by atoms with Gasteiger partial charge in [-0.3, -0.25) is 9.59 Å². The lowest BCUT2D eigenvalue weighted by molar-refractivity contribution is -0.119. The summed E-state index contributed by atoms with van der Waals surface area (Å²) >= 11 is 0. The summed E-state index contributed by atoms with van der Waals surface area (Å²) in [5, 5.41) is 12.3. The summed E-state index contributed by atoms with van der Waals surface area (Å²) in [6.07, 6.45) is 0. The molecule has 0 aliphatic carbocycles. The van der Waals surface area contributed by atoms with Gasteiger partial charge < -0.3 is 10.4 Å². The molecule has 0 aromatic heterocycles. The van der Waals surface area contributed by atoms with Gasteiger partial charge in [0.25, 0.3) is 5.91 Å². The lowest BCUT2D eigenvalue weighted by Crippen LogP contribution is -2.23. The maximum atomic E-state index is 11.6. The van der Waals surface area contributed by atoms with Crippen LogP contribution in [-0.4, -0.2) is 16.8 Å². The molecular formula is C15H17NO3. The fraction of sp³-hybridized carbons (Fsp3) is 0.333. The van der Waals surface area contributed by atoms with E-state index in [4.69, 9.17) is 0 Å². The Hall–Kier alpha value is -2.10. The molecule has 1 heterocycles. The Balaban J connectivity index is 2.37. The van der Waals surface area contributed by atoms with Gasteiger partial charge in [-0.2, -0.15) is 0 Å². The van der Waals surface area contributed by atoms with Crippen LogP contribution in [0.3, 0.4) is 0 Å². The number of hydrogen-bond acceptors (Lipinski definition) is 3. The summed E-state index contributed by atoms with van der Waals surface area (Å²) in [5.74, 6) is -0.939. The predicted molar refractivity (Wildman–Crippen MR) is 71.8 cm³/mol. The highest BCUT2D eigenvalue weighted by atomic mass is 16.3. The van der Waals surface area contributed by atoms with Crippen LogP contribution in [0.25, 0.3) is 0 Å². The van der Waals surface area contributed by atoms with Crippen LogP contribution in [0.2, 0.25) is 0 Å². The number of hydrogen-bond donors (Lipinski definition) is 2. The van der Waals surface area contributed by atoms with Crippen LogP contribution in [0.5, 0.6) is 0 Å². The van der Waals surface area contributed by atoms with Gasteiger partial charge in [0.1, 0.15) is 0 Å². The van der Waals surface area contributed by atoms with Crippen LogP contribution in [0.15, 0.2) is 35.6 Å². The Labute approximate surface area is 112 Å². The smallest absolute Gasteiger partial charge is 0.287 e. The second kappa shape index (κ2) is 4.88. The zero-order chi connectivity index (χ0) is 14.2. The summed E-state index contributed by atoms with van der Waals surface area (Å²) in [6.45, 7) is 5.54. The predicted octanol–water partition coefficient (Wildman–Crippen LogP) is 2.38. The number of benzene rings is 1. The third-order valence-corrected chi connectivity index (χ3v) is 3.35. The molecule has 2 rings (SSSR count). The molecule has 100 valence electrons. The van der Waals surface area contributed by atoms with Gasteiger partial charge in [-0.25, -0.2) is 0 Å². The number of rotatable bonds is 3. The van der Waals surface area contributed by atoms with E-state index in [0.29, 0.717) is 5.92 Å². The van der Waals surface area contributed by atoms with Crippen LogP contribution < -0.4 is 5.32 Å². The molecule has 1 aliphatic heterocycles. The van der Waals surface area contributed by atoms with E-state index in [1.165, 1.54) is 12.5 Å². The Bertz CT molecular complexity index is 555. The first kappa shape index (κ1) is 13.3. The first-order valence-corrected chi connectivity index (χ1v) is 6.26. The van der Waals surface area contributed by atoms with E-state index in [9.17, 15) is 14.7 Å². The highest BCUT2D eigenvalue weighted by Crippen LogP contribution is 2.30. The van der Waals surface area contributed by atoms with Crippen molar-refractivity contribution in [3.63, 3.8) is 0 Å². The number of Topliss-reactive ketones (excluding diaryl/α,β-unsaturated/α-hetero) is 1. The van der Waals surface area contributed by atoms with Crippen molar-refractivity contribution < 1.29 is 14.7 Å². The number of nitrogens with one attached hydrogen (secondary N) is 1. The molecule has 19 heavy (non-hydrogen) atoms. The topological polar surface area (TPSA) is 66.4 Å². The lowest BCUT2D eigenvalue weighted by atomic mass is 9.95. The number of carbonyl (C=O) groups excluding carboxylic acids is 2. The molecule has 0 radical (unpaired) electrons. The van der Waals surface area contributed by atoms with Crippen molar-refractivity contribution in [2.24, 2.45) is 0 Å². The van der Waals surface area contributed by atoms with Crippen molar-refractivity contribution in [2.75, 3.05) is 0 Å². The van der Waals surface area contributed by atoms with Crippen molar-refractivity contribution >= 4 is 11.7 Å². The minimum Gasteiger partial charge on any atom is -0.503 e. The fourth-order valence-electron chi connectivity index (χ4n) is 2.22. The number of amides is 1. The number of carbonyl (C=O) groups is 2. The van der Waals surface area contributed by atoms with Gasteiger partial charge in [0, 0.05) is 0 Å². The molecule has 2 N–H and O–H groups in total. The molecule has 0 spiro atoms. The van der Waals surface area contributed by atoms with Gasteiger partial charge in [0.15, 0.2) is 11.5 Å². The molecule has 4 nitrogen and oxygen atoms in total. The maximum Gasteiger partial charge on any atom is 0.287 e. The molecule has 1 aliphatic rings. The van der Waals surface area contributed by atoms with Crippen LogP contribution in [0.4, 0.5) is 0 Å². The highest BCUT2D eigenvalue weighted by molar-refractivity contribution is 6.08. The second-order valence-corrected chi connectivity index (χ2v) is 5.05. The van der Waals surface area contributed by atoms with Gasteiger partial charge >= 0.3 is 0 Å². The van der Waals surface area contributed by atoms with Crippen molar-refractivity contribution in [3.05, 3.63) is 46.7 Å². The first-order valence-electron chi connectivity index (χ1n) is 6.26. The summed E-state index contributed by atoms with van der Waals surface area (Å²) in [6, 6.07) is 7.15. The quantitative estimate of drug-likeness (QED) is 0.875. The van der Waals surface area contributed by atoms with Gasteiger partial charge in [-0.1, -0.05) is 38.1 Å². The maximum absolute atomic E-state index is 11.6. The van der Waals surface area contributed by atoms with Crippen molar-refractivity contribution in [1.82, 2.24) is 5.32 Å². The molecule has 1 amide bonds. The fourth-order valence-corrected chi connectivity index (χ4v) is 2.22. The van der Waals surface area contributed by atoms with Crippen molar-refractivity contribution in [1.29, 1.82) is 0 Å². The average molecular weight is 259 g/mol. The van der Waals surface area contributed by atoms with Gasteiger partial charge in [0.05, 0.1) is 11.6 Å². The molecular weight excluding hydrogens is 242 g/mol. The third kappa shape index (κ3) is 2.38. The van der Waals surface area contributed by atoms with E-state index in [-0.39, 0.29) is 11.4 Å². The van der Waals surface area contributed by atoms with E-state index >= 15 is 0 Å². The van der Waals surface area contributed by atoms with E-state index in [1.54, 1.807) is 0 Å². The van der Waals surface area contributed by atoms with E-state index < -0.39 is 17.7 Å². The highest BCUT2D eigenvalue weighted by Gasteiger charge is 2.35. The molecule has 0 bridgehead atoms. The van der Waals surface area contributed by atoms with Gasteiger partial charge in [-0.05, 0) is 24.0 Å². The molecule has 0 saturated heterocycles. The molecule has 4 heteroatoms. The van der Waals surface area contributed by atoms with Gasteiger partial charge in [-0.15, -0.1) is 0 Å². The first-order chi connectivity index (χ1) is 8.91. The molecule has 1 unspecified atom stereocenters. The zero-order valence-corrected chi connectivity index (χ0v) is 11.2. The zero-order valence-electron chi connectivity index (χ0n) is 11.2. The van der Waals surface area contributed by atoms with Crippen molar-refractivity contribution in [3.8, 4) is 0 Å². The summed E-state index contributed by atoms with van der Waals surface area (Å²) < 4.78 is 0. The average Bonchev–Trinajstić information content (AvgIpc) is 2.66. The molecule has 1 atom stereocenters. The van der Waals surface area contributed by atoms with E-state index in [2.05, 4.69) is 19.2 Å². The lowest BCUT2D eigenvalue weighted by Gasteiger charge is -2.14. The normalized spacial score (nSPS) is 18.9. The Morgan fingerprint density at radius 2 is 1.84 bits per heavy atom. The second-order valence-electron chi connectivity index (χ2n) is 5.05. The minimum absolute atomic E-state index is 0.141. The molecule has 0 fully saturated rings. The van der Waals surface area contributed by atoms with E-state index in [1.807, 2.05) is 24.3 Å². The summed E-state index contributed by atoms with van der Waals surface area (Å²) in [4.78, 5) is 23.0. The molecule has 1 aromatic rings. The minimum atomic E-state index is -0.594. The molecule has 0 saturated carbocycles. The van der Waals surface area contributed by atoms with Crippen LogP contribution in [0, 0.1) is 0 Å². The standard InChI is InChI=1S/C15H17NO3/c1-8(2)10-4-6-11(7-5-10)13-12(9(3)17)14(18)15(19)16-13/h4-8,13,18H,1-3H3,(H,16,19). The third-order valence-electron chi connectivity index (χ3n) is 3.35. The Morgan fingerprint density at radius 3 is 2.32 bits per heavy atom. The monoisotopic (exact) mass is 259 g/mol. The Morgan fingerprint density at radius 1 is 1.26 bits per heavy atom. The summed E-state index contributed by atoms with van der Waals surface area (Å²) in [7, 11) is 0. The van der Waals surface area contributed by atoms with Crippen LogP contribution in [-0.2, 0) is 9.59 Å². The Kier molecular flexibility index (Phi) is 3.42. The largest absolute Gasteiger partial charge is 0.503 e. The van der Waals surface area contributed by atoms with Gasteiger partial charge in [0.2, 0.25) is 0 Å². The van der Waals surface area contributed by atoms with Crippen LogP contribution in [0.1, 0.15) is 43.9 Å². The van der Waals surface area contributed by atoms with E-state index in [0.717, 1.165) is 5.56 Å². The van der Waals surface area contributed by atoms with Crippen LogP contribution >= 0.6 is 0 Å². The SMILES string of the molecule is CC(=O)C1=C(O)C(=O)NC1c1ccc(C(C)C)cc1. The summed E-state index contributed by atoms with van der Waals surface area (Å²) in [5.41, 5.74) is 2.12. The molecule has 1 aromatic carbocycles. The number of ketones is 1. The van der Waals surface area contributed by atoms with Crippen molar-refractivity contribution in [2.45, 2.75) is 32.7 Å². The number of aliphatic hydroxyl groups is 1.